The van der Waals surface area contributed by atoms with Gasteiger partial charge in [0.2, 0.25) is 10.0 Å². The van der Waals surface area contributed by atoms with E-state index in [0.717, 1.165) is 12.8 Å². The summed E-state index contributed by atoms with van der Waals surface area (Å²) in [5.41, 5.74) is 1.36. The predicted octanol–water partition coefficient (Wildman–Crippen LogP) is 2.50. The zero-order valence-electron chi connectivity index (χ0n) is 13.4. The summed E-state index contributed by atoms with van der Waals surface area (Å²) in [4.78, 5) is 0.0136. The first-order valence-electron chi connectivity index (χ1n) is 8.06. The van der Waals surface area contributed by atoms with Crippen LogP contribution < -0.4 is 0 Å². The zero-order chi connectivity index (χ0) is 17.4. The largest absolute Gasteiger partial charge is 0.505 e. The van der Waals surface area contributed by atoms with Gasteiger partial charge in [-0.15, -0.1) is 0 Å². The number of fused-ring (bicyclic) bond motifs is 1. The monoisotopic (exact) mass is 359 g/mol. The Kier molecular flexibility index (Phi) is 3.93. The summed E-state index contributed by atoms with van der Waals surface area (Å²) in [5.74, 6) is 0.208. The van der Waals surface area contributed by atoms with Crippen LogP contribution in [0.2, 0.25) is 0 Å². The minimum atomic E-state index is -3.72. The lowest BCUT2D eigenvalue weighted by molar-refractivity contribution is 0.312. The van der Waals surface area contributed by atoms with E-state index in [9.17, 15) is 13.5 Å². The quantitative estimate of drug-likeness (QED) is 0.772. The first kappa shape index (κ1) is 16.0. The third kappa shape index (κ3) is 2.77. The molecular weight excluding hydrogens is 342 g/mol. The van der Waals surface area contributed by atoms with Crippen LogP contribution in [0.25, 0.3) is 11.0 Å². The number of hydrogen-bond acceptors (Lipinski definition) is 6. The minimum Gasteiger partial charge on any atom is -0.505 e. The van der Waals surface area contributed by atoms with Crippen LogP contribution in [0.4, 0.5) is 0 Å². The second kappa shape index (κ2) is 6.12. The van der Waals surface area contributed by atoms with Crippen LogP contribution in [-0.2, 0) is 10.0 Å². The molecule has 7 nitrogen and oxygen atoms in total. The van der Waals surface area contributed by atoms with Crippen molar-refractivity contribution < 1.29 is 18.2 Å². The Morgan fingerprint density at radius 3 is 2.40 bits per heavy atom. The summed E-state index contributed by atoms with van der Waals surface area (Å²) in [7, 11) is -3.72. The standard InChI is InChI=1S/C17H17N3O4S/c21-14-6-7-15(17-16(14)18-24-19-17)25(22,23)20-10-8-13(9-11-20)12-4-2-1-3-5-12/h1-7,13,21H,8-11H2. The zero-order valence-corrected chi connectivity index (χ0v) is 14.2. The van der Waals surface area contributed by atoms with Gasteiger partial charge in [0, 0.05) is 13.1 Å². The summed E-state index contributed by atoms with van der Waals surface area (Å²) >= 11 is 0. The maximum Gasteiger partial charge on any atom is 0.245 e. The Labute approximate surface area is 144 Å². The van der Waals surface area contributed by atoms with E-state index in [1.807, 2.05) is 18.2 Å². The summed E-state index contributed by atoms with van der Waals surface area (Å²) in [6.07, 6.45) is 1.53. The molecule has 0 amide bonds. The van der Waals surface area contributed by atoms with Gasteiger partial charge in [0.15, 0.2) is 11.0 Å². The van der Waals surface area contributed by atoms with Crippen LogP contribution in [0.3, 0.4) is 0 Å². The fourth-order valence-electron chi connectivity index (χ4n) is 3.33. The number of hydrogen-bond donors (Lipinski definition) is 1. The van der Waals surface area contributed by atoms with Crippen molar-refractivity contribution in [1.82, 2.24) is 14.6 Å². The molecule has 0 radical (unpaired) electrons. The lowest BCUT2D eigenvalue weighted by Gasteiger charge is -2.31. The van der Waals surface area contributed by atoms with Gasteiger partial charge in [-0.3, -0.25) is 0 Å². The topological polar surface area (TPSA) is 96.5 Å². The molecule has 1 aliphatic heterocycles. The van der Waals surface area contributed by atoms with Crippen LogP contribution in [0.15, 0.2) is 52.0 Å². The third-order valence-electron chi connectivity index (χ3n) is 4.70. The van der Waals surface area contributed by atoms with E-state index in [1.165, 1.54) is 22.0 Å². The van der Waals surface area contributed by atoms with Crippen molar-refractivity contribution in [3.63, 3.8) is 0 Å². The van der Waals surface area contributed by atoms with Gasteiger partial charge < -0.3 is 5.11 Å². The van der Waals surface area contributed by atoms with Gasteiger partial charge in [-0.05, 0) is 46.8 Å². The number of rotatable bonds is 3. The van der Waals surface area contributed by atoms with Crippen molar-refractivity contribution in [1.29, 1.82) is 0 Å². The normalized spacial score (nSPS) is 17.1. The molecule has 0 aliphatic carbocycles. The second-order valence-corrected chi connectivity index (χ2v) is 8.04. The van der Waals surface area contributed by atoms with E-state index in [0.29, 0.717) is 19.0 Å². The number of aromatic nitrogens is 2. The molecule has 2 aromatic carbocycles. The Balaban J connectivity index is 1.59. The van der Waals surface area contributed by atoms with E-state index in [4.69, 9.17) is 0 Å². The van der Waals surface area contributed by atoms with Gasteiger partial charge in [-0.1, -0.05) is 30.3 Å². The molecule has 1 aromatic heterocycles. The molecule has 3 aromatic rings. The number of phenolic OH excluding ortho intramolecular Hbond substituents is 1. The SMILES string of the molecule is O=S(=O)(c1ccc(O)c2nonc12)N1CCC(c2ccccc2)CC1. The molecule has 4 rings (SSSR count). The van der Waals surface area contributed by atoms with Crippen LogP contribution >= 0.6 is 0 Å². The molecule has 0 atom stereocenters. The molecule has 0 bridgehead atoms. The van der Waals surface area contributed by atoms with Crippen LogP contribution in [0, 0.1) is 0 Å². The number of sulfonamides is 1. The molecule has 130 valence electrons. The molecule has 8 heteroatoms. The molecule has 0 spiro atoms. The van der Waals surface area contributed by atoms with Crippen molar-refractivity contribution in [2.75, 3.05) is 13.1 Å². The van der Waals surface area contributed by atoms with Gasteiger partial charge in [0.1, 0.15) is 10.6 Å². The van der Waals surface area contributed by atoms with Gasteiger partial charge in [-0.25, -0.2) is 13.0 Å². The Hall–Kier alpha value is -2.45. The van der Waals surface area contributed by atoms with Crippen molar-refractivity contribution in [2.24, 2.45) is 0 Å². The maximum atomic E-state index is 13.0. The number of nitrogens with zero attached hydrogens (tertiary/aromatic N) is 3. The van der Waals surface area contributed by atoms with Gasteiger partial charge in [0.05, 0.1) is 0 Å². The molecule has 0 saturated carbocycles. The molecule has 1 saturated heterocycles. The van der Waals surface area contributed by atoms with E-state index >= 15 is 0 Å². The Morgan fingerprint density at radius 1 is 1.00 bits per heavy atom. The molecule has 2 heterocycles. The van der Waals surface area contributed by atoms with Crippen molar-refractivity contribution in [3.8, 4) is 5.75 Å². The lowest BCUT2D eigenvalue weighted by atomic mass is 9.90. The summed E-state index contributed by atoms with van der Waals surface area (Å²) in [6, 6.07) is 12.8. The number of benzene rings is 2. The van der Waals surface area contributed by atoms with E-state index < -0.39 is 10.0 Å². The lowest BCUT2D eigenvalue weighted by Crippen LogP contribution is -2.38. The second-order valence-electron chi connectivity index (χ2n) is 6.13. The first-order chi connectivity index (χ1) is 12.1. The molecular formula is C17H17N3O4S. The fraction of sp³-hybridized carbons (Fsp3) is 0.294. The molecule has 1 fully saturated rings. The van der Waals surface area contributed by atoms with Crippen molar-refractivity contribution in [2.45, 2.75) is 23.7 Å². The number of piperidine rings is 1. The summed E-state index contributed by atoms with van der Waals surface area (Å²) in [5, 5.41) is 17.0. The number of aromatic hydroxyl groups is 1. The van der Waals surface area contributed by atoms with Crippen LogP contribution in [-0.4, -0.2) is 41.2 Å². The molecule has 0 unspecified atom stereocenters. The van der Waals surface area contributed by atoms with Crippen LogP contribution in [0.1, 0.15) is 24.3 Å². The molecule has 25 heavy (non-hydrogen) atoms. The van der Waals surface area contributed by atoms with E-state index in [1.54, 1.807) is 0 Å². The molecule has 1 aliphatic rings. The predicted molar refractivity (Wildman–Crippen MR) is 90.6 cm³/mol. The van der Waals surface area contributed by atoms with Gasteiger partial charge in [0.25, 0.3) is 0 Å². The average Bonchev–Trinajstić information content (AvgIpc) is 3.13. The fourth-order valence-corrected chi connectivity index (χ4v) is 4.92. The average molecular weight is 359 g/mol. The van der Waals surface area contributed by atoms with Gasteiger partial charge in [-0.2, -0.15) is 4.31 Å². The van der Waals surface area contributed by atoms with Crippen molar-refractivity contribution >= 4 is 21.1 Å². The Bertz CT molecular complexity index is 993. The highest BCUT2D eigenvalue weighted by Gasteiger charge is 2.32. The highest BCUT2D eigenvalue weighted by molar-refractivity contribution is 7.89. The third-order valence-corrected chi connectivity index (χ3v) is 6.63. The van der Waals surface area contributed by atoms with E-state index in [-0.39, 0.29) is 21.7 Å². The summed E-state index contributed by atoms with van der Waals surface area (Å²) in [6.45, 7) is 0.880. The summed E-state index contributed by atoms with van der Waals surface area (Å²) < 4.78 is 32.0. The van der Waals surface area contributed by atoms with Crippen LogP contribution in [0.5, 0.6) is 5.75 Å². The van der Waals surface area contributed by atoms with Crippen molar-refractivity contribution in [3.05, 3.63) is 48.0 Å². The smallest absolute Gasteiger partial charge is 0.245 e. The highest BCUT2D eigenvalue weighted by atomic mass is 32.2. The maximum absolute atomic E-state index is 13.0. The molecule has 1 N–H and O–H groups in total. The minimum absolute atomic E-state index is 0.0136. The highest BCUT2D eigenvalue weighted by Crippen LogP contribution is 2.33. The Morgan fingerprint density at radius 2 is 1.68 bits per heavy atom. The van der Waals surface area contributed by atoms with E-state index in [2.05, 4.69) is 27.1 Å². The first-order valence-corrected chi connectivity index (χ1v) is 9.51. The number of phenols is 1. The van der Waals surface area contributed by atoms with Gasteiger partial charge >= 0.3 is 0 Å².